The zero-order valence-corrected chi connectivity index (χ0v) is 16.6. The van der Waals surface area contributed by atoms with E-state index in [0.717, 1.165) is 0 Å². The van der Waals surface area contributed by atoms with Crippen LogP contribution in [0.3, 0.4) is 0 Å². The molecule has 0 spiro atoms. The van der Waals surface area contributed by atoms with E-state index in [-0.39, 0.29) is 38.3 Å². The molecule has 1 atom stereocenters. The molecule has 8 heteroatoms. The van der Waals surface area contributed by atoms with Crippen LogP contribution in [-0.4, -0.2) is 54.2 Å². The van der Waals surface area contributed by atoms with Crippen LogP contribution in [0, 0.1) is 23.7 Å². The Labute approximate surface area is 164 Å². The third kappa shape index (κ3) is 7.24. The molecule has 0 bridgehead atoms. The van der Waals surface area contributed by atoms with Crippen LogP contribution < -0.4 is 0 Å². The number of hydrogen-bond donors (Lipinski definition) is 0. The minimum Gasteiger partial charge on any atom is -0.463 e. The number of carbonyl (C=O) groups excluding carboxylic acids is 5. The third-order valence-corrected chi connectivity index (χ3v) is 4.13. The summed E-state index contributed by atoms with van der Waals surface area (Å²) in [7, 11) is 0. The highest BCUT2D eigenvalue weighted by Crippen LogP contribution is 2.26. The minimum atomic E-state index is -0.983. The lowest BCUT2D eigenvalue weighted by molar-refractivity contribution is -0.152. The van der Waals surface area contributed by atoms with Crippen molar-refractivity contribution in [2.75, 3.05) is 19.8 Å². The van der Waals surface area contributed by atoms with Crippen molar-refractivity contribution in [2.24, 2.45) is 11.3 Å². The molecular weight excluding hydrogens is 366 g/mol. The van der Waals surface area contributed by atoms with Crippen LogP contribution in [0.15, 0.2) is 0 Å². The zero-order chi connectivity index (χ0) is 21.3. The van der Waals surface area contributed by atoms with Gasteiger partial charge in [0.25, 0.3) is 0 Å². The summed E-state index contributed by atoms with van der Waals surface area (Å²) in [6.07, 6.45) is 4.78. The highest BCUT2D eigenvalue weighted by molar-refractivity contribution is 6.15. The Balaban J connectivity index is 2.68. The number of terminal acetylenes is 1. The van der Waals surface area contributed by atoms with E-state index in [1.54, 1.807) is 20.8 Å². The largest absolute Gasteiger partial charge is 0.463 e. The molecular formula is C20H27NO7. The normalized spacial score (nSPS) is 15.3. The fourth-order valence-corrected chi connectivity index (χ4v) is 2.73. The minimum absolute atomic E-state index is 0.00310. The summed E-state index contributed by atoms with van der Waals surface area (Å²) in [5.41, 5.74) is -0.803. The highest BCUT2D eigenvalue weighted by Gasteiger charge is 2.39. The molecule has 0 aromatic heterocycles. The van der Waals surface area contributed by atoms with Crippen molar-refractivity contribution in [2.45, 2.75) is 52.9 Å². The molecule has 1 fully saturated rings. The van der Waals surface area contributed by atoms with Crippen LogP contribution in [0.1, 0.15) is 52.9 Å². The summed E-state index contributed by atoms with van der Waals surface area (Å²) in [5, 5.41) is 0. The first kappa shape index (κ1) is 23.5. The first-order chi connectivity index (χ1) is 13.1. The van der Waals surface area contributed by atoms with E-state index in [4.69, 9.17) is 15.9 Å². The molecule has 8 nitrogen and oxygen atoms in total. The summed E-state index contributed by atoms with van der Waals surface area (Å²) < 4.78 is 10.2. The molecule has 1 aliphatic heterocycles. The number of imide groups is 3. The van der Waals surface area contributed by atoms with Gasteiger partial charge in [0, 0.05) is 37.0 Å². The van der Waals surface area contributed by atoms with Gasteiger partial charge in [0.1, 0.15) is 12.4 Å². The molecule has 3 amide bonds. The number of rotatable bonds is 10. The van der Waals surface area contributed by atoms with Gasteiger partial charge < -0.3 is 9.47 Å². The second-order valence-electron chi connectivity index (χ2n) is 7.52. The molecule has 1 rings (SSSR count). The molecule has 0 aromatic carbocycles. The Morgan fingerprint density at radius 1 is 1.07 bits per heavy atom. The van der Waals surface area contributed by atoms with Crippen LogP contribution in [-0.2, 0) is 33.4 Å². The Morgan fingerprint density at radius 2 is 1.68 bits per heavy atom. The molecule has 0 aliphatic carbocycles. The van der Waals surface area contributed by atoms with E-state index in [0.29, 0.717) is 17.9 Å². The van der Waals surface area contributed by atoms with Gasteiger partial charge in [0.2, 0.25) is 17.7 Å². The molecule has 28 heavy (non-hydrogen) atoms. The molecule has 1 aliphatic rings. The molecule has 0 N–H and O–H groups in total. The Kier molecular flexibility index (Phi) is 9.00. The van der Waals surface area contributed by atoms with E-state index in [1.165, 1.54) is 0 Å². The molecule has 1 unspecified atom stereocenters. The number of ether oxygens (including phenoxy) is 2. The maximum absolute atomic E-state index is 12.7. The lowest BCUT2D eigenvalue weighted by atomic mass is 9.80. The van der Waals surface area contributed by atoms with Crippen LogP contribution >= 0.6 is 0 Å². The van der Waals surface area contributed by atoms with Crippen LogP contribution in [0.25, 0.3) is 0 Å². The lowest BCUT2D eigenvalue weighted by Gasteiger charge is -2.24. The second kappa shape index (κ2) is 10.7. The summed E-state index contributed by atoms with van der Waals surface area (Å²) in [5.74, 6) is -1.47. The molecule has 1 heterocycles. The van der Waals surface area contributed by atoms with Crippen molar-refractivity contribution >= 4 is 29.5 Å². The number of carbonyl (C=O) groups is 5. The molecule has 0 radical (unpaired) electrons. The number of Topliss-reactive ketones (excluding diaryl/α,β-unsaturated/α-hetero) is 1. The van der Waals surface area contributed by atoms with Gasteiger partial charge >= 0.3 is 5.97 Å². The summed E-state index contributed by atoms with van der Waals surface area (Å²) in [4.78, 5) is 61.2. The van der Waals surface area contributed by atoms with Crippen molar-refractivity contribution in [3.05, 3.63) is 0 Å². The van der Waals surface area contributed by atoms with Crippen molar-refractivity contribution < 1.29 is 33.4 Å². The van der Waals surface area contributed by atoms with E-state index < -0.39 is 41.4 Å². The standard InChI is InChI=1S/C20H27NO7/c1-5-6-9-27-10-11-28-18(25)13-14(19(26)20(2,3)4)12-17(24)21-15(22)7-8-16(21)23/h1,14H,6-13H2,2-4H3. The summed E-state index contributed by atoms with van der Waals surface area (Å²) in [6, 6.07) is 0. The van der Waals surface area contributed by atoms with Gasteiger partial charge in [-0.1, -0.05) is 20.8 Å². The fraction of sp³-hybridized carbons (Fsp3) is 0.650. The first-order valence-electron chi connectivity index (χ1n) is 9.17. The van der Waals surface area contributed by atoms with Crippen molar-refractivity contribution in [3.63, 3.8) is 0 Å². The zero-order valence-electron chi connectivity index (χ0n) is 16.6. The molecule has 1 saturated heterocycles. The molecule has 0 aromatic rings. The molecule has 0 saturated carbocycles. The van der Waals surface area contributed by atoms with Gasteiger partial charge in [-0.2, -0.15) is 0 Å². The van der Waals surface area contributed by atoms with E-state index in [2.05, 4.69) is 5.92 Å². The second-order valence-corrected chi connectivity index (χ2v) is 7.52. The summed E-state index contributed by atoms with van der Waals surface area (Å²) >= 11 is 0. The SMILES string of the molecule is C#CCCOCCOC(=O)CC(CC(=O)N1C(=O)CCC1=O)C(=O)C(C)(C)C. The van der Waals surface area contributed by atoms with E-state index in [9.17, 15) is 24.0 Å². The summed E-state index contributed by atoms with van der Waals surface area (Å²) in [6.45, 7) is 5.53. The topological polar surface area (TPSA) is 107 Å². The fourth-order valence-electron chi connectivity index (χ4n) is 2.73. The first-order valence-corrected chi connectivity index (χ1v) is 9.17. The van der Waals surface area contributed by atoms with Gasteiger partial charge in [0.05, 0.1) is 19.6 Å². The van der Waals surface area contributed by atoms with Crippen LogP contribution in [0.4, 0.5) is 0 Å². The number of nitrogens with zero attached hydrogens (tertiary/aromatic N) is 1. The number of esters is 1. The highest BCUT2D eigenvalue weighted by atomic mass is 16.6. The van der Waals surface area contributed by atoms with E-state index in [1.807, 2.05) is 0 Å². The lowest BCUT2D eigenvalue weighted by Crippen LogP contribution is -2.39. The van der Waals surface area contributed by atoms with Gasteiger partial charge in [0.15, 0.2) is 0 Å². The maximum Gasteiger partial charge on any atom is 0.306 e. The van der Waals surface area contributed by atoms with Crippen LogP contribution in [0.5, 0.6) is 0 Å². The monoisotopic (exact) mass is 393 g/mol. The van der Waals surface area contributed by atoms with Crippen molar-refractivity contribution in [3.8, 4) is 12.3 Å². The van der Waals surface area contributed by atoms with Gasteiger partial charge in [-0.3, -0.25) is 24.0 Å². The maximum atomic E-state index is 12.7. The quantitative estimate of drug-likeness (QED) is 0.238. The Hall–Kier alpha value is -2.53. The predicted octanol–water partition coefficient (Wildman–Crippen LogP) is 1.26. The number of amides is 3. The average Bonchev–Trinajstić information content (AvgIpc) is 2.94. The number of likely N-dealkylation sites (tertiary alicyclic amines) is 1. The predicted molar refractivity (Wildman–Crippen MR) is 98.5 cm³/mol. The Morgan fingerprint density at radius 3 is 2.21 bits per heavy atom. The van der Waals surface area contributed by atoms with Gasteiger partial charge in [-0.05, 0) is 0 Å². The van der Waals surface area contributed by atoms with Crippen LogP contribution in [0.2, 0.25) is 0 Å². The van der Waals surface area contributed by atoms with E-state index >= 15 is 0 Å². The van der Waals surface area contributed by atoms with Gasteiger partial charge in [-0.25, -0.2) is 4.90 Å². The van der Waals surface area contributed by atoms with Crippen molar-refractivity contribution in [1.82, 2.24) is 4.90 Å². The smallest absolute Gasteiger partial charge is 0.306 e. The van der Waals surface area contributed by atoms with Crippen molar-refractivity contribution in [1.29, 1.82) is 0 Å². The molecule has 154 valence electrons. The number of hydrogen-bond acceptors (Lipinski definition) is 7. The average molecular weight is 393 g/mol. The Bertz CT molecular complexity index is 653. The third-order valence-electron chi connectivity index (χ3n) is 4.13. The van der Waals surface area contributed by atoms with Gasteiger partial charge in [-0.15, -0.1) is 12.3 Å². The number of ketones is 1.